The Labute approximate surface area is 217 Å². The molecule has 2 aromatic carbocycles. The van der Waals surface area contributed by atoms with E-state index in [2.05, 4.69) is 4.98 Å². The molecule has 9 heteroatoms. The summed E-state index contributed by atoms with van der Waals surface area (Å²) in [6, 6.07) is 19.1. The van der Waals surface area contributed by atoms with E-state index in [9.17, 15) is 15.0 Å². The Kier molecular flexibility index (Phi) is 9.71. The lowest BCUT2D eigenvalue weighted by atomic mass is 10.0. The molecule has 1 aromatic heterocycles. The third-order valence-corrected chi connectivity index (χ3v) is 5.28. The molecule has 3 aromatic rings. The lowest BCUT2D eigenvalue weighted by Gasteiger charge is -2.34. The van der Waals surface area contributed by atoms with Crippen LogP contribution in [0.2, 0.25) is 0 Å². The summed E-state index contributed by atoms with van der Waals surface area (Å²) >= 11 is 0. The molecule has 0 saturated heterocycles. The second-order valence-corrected chi connectivity index (χ2v) is 9.59. The zero-order chi connectivity index (χ0) is 26.8. The SMILES string of the molecule is CC(C)(C)OC(=O)N(C[C@H](O)COc1ccccc1)[C@H](CO)Cc1ccc(Oc2ncccc2N)cc1. The number of nitrogen functional groups attached to an aromatic ring is 1. The summed E-state index contributed by atoms with van der Waals surface area (Å²) < 4.78 is 16.9. The number of benzene rings is 2. The number of pyridine rings is 1. The van der Waals surface area contributed by atoms with Gasteiger partial charge < -0.3 is 30.2 Å². The number of hydrogen-bond donors (Lipinski definition) is 3. The van der Waals surface area contributed by atoms with Gasteiger partial charge in [-0.25, -0.2) is 9.78 Å². The molecule has 0 aliphatic rings. The van der Waals surface area contributed by atoms with E-state index < -0.39 is 23.8 Å². The van der Waals surface area contributed by atoms with Crippen molar-refractivity contribution in [3.8, 4) is 17.4 Å². The fourth-order valence-corrected chi connectivity index (χ4v) is 3.52. The van der Waals surface area contributed by atoms with Crippen molar-refractivity contribution in [2.75, 3.05) is 25.5 Å². The van der Waals surface area contributed by atoms with E-state index in [0.29, 0.717) is 29.5 Å². The van der Waals surface area contributed by atoms with Gasteiger partial charge in [-0.1, -0.05) is 30.3 Å². The average molecular weight is 510 g/mol. The average Bonchev–Trinajstić information content (AvgIpc) is 2.87. The zero-order valence-corrected chi connectivity index (χ0v) is 21.4. The number of hydrogen-bond acceptors (Lipinski definition) is 8. The van der Waals surface area contributed by atoms with Crippen LogP contribution in [0.4, 0.5) is 10.5 Å². The Balaban J connectivity index is 1.69. The molecule has 0 aliphatic carbocycles. The van der Waals surface area contributed by atoms with E-state index in [1.807, 2.05) is 30.3 Å². The minimum Gasteiger partial charge on any atom is -0.491 e. The van der Waals surface area contributed by atoms with Crippen molar-refractivity contribution in [2.45, 2.75) is 44.9 Å². The van der Waals surface area contributed by atoms with Crippen LogP contribution in [0.25, 0.3) is 0 Å². The molecule has 0 saturated carbocycles. The van der Waals surface area contributed by atoms with Crippen molar-refractivity contribution < 1.29 is 29.2 Å². The van der Waals surface area contributed by atoms with Gasteiger partial charge in [0.05, 0.1) is 24.9 Å². The number of aliphatic hydroxyl groups excluding tert-OH is 2. The predicted octanol–water partition coefficient (Wildman–Crippen LogP) is 4.04. The highest BCUT2D eigenvalue weighted by molar-refractivity contribution is 5.68. The van der Waals surface area contributed by atoms with Crippen LogP contribution < -0.4 is 15.2 Å². The molecular weight excluding hydrogens is 474 g/mol. The van der Waals surface area contributed by atoms with Crippen LogP contribution in [0.3, 0.4) is 0 Å². The van der Waals surface area contributed by atoms with Crippen molar-refractivity contribution in [1.29, 1.82) is 0 Å². The lowest BCUT2D eigenvalue weighted by Crippen LogP contribution is -2.50. The van der Waals surface area contributed by atoms with E-state index in [-0.39, 0.29) is 19.8 Å². The van der Waals surface area contributed by atoms with E-state index in [1.54, 1.807) is 63.4 Å². The molecule has 2 atom stereocenters. The van der Waals surface area contributed by atoms with E-state index >= 15 is 0 Å². The Bertz CT molecular complexity index is 1120. The number of ether oxygens (including phenoxy) is 3. The number of carbonyl (C=O) groups excluding carboxylic acids is 1. The maximum Gasteiger partial charge on any atom is 0.410 e. The van der Waals surface area contributed by atoms with Gasteiger partial charge in [-0.3, -0.25) is 4.90 Å². The Morgan fingerprint density at radius 3 is 2.35 bits per heavy atom. The van der Waals surface area contributed by atoms with Crippen molar-refractivity contribution in [1.82, 2.24) is 9.88 Å². The summed E-state index contributed by atoms with van der Waals surface area (Å²) in [4.78, 5) is 18.5. The largest absolute Gasteiger partial charge is 0.491 e. The zero-order valence-electron chi connectivity index (χ0n) is 21.4. The third kappa shape index (κ3) is 8.96. The smallest absolute Gasteiger partial charge is 0.410 e. The van der Waals surface area contributed by atoms with Gasteiger partial charge in [0.1, 0.15) is 29.8 Å². The molecule has 0 radical (unpaired) electrons. The summed E-state index contributed by atoms with van der Waals surface area (Å²) in [6.45, 7) is 4.86. The first-order valence-electron chi connectivity index (χ1n) is 12.1. The van der Waals surface area contributed by atoms with E-state index in [0.717, 1.165) is 5.56 Å². The first kappa shape index (κ1) is 27.8. The molecule has 0 aliphatic heterocycles. The van der Waals surface area contributed by atoms with Gasteiger partial charge in [-0.05, 0) is 69.2 Å². The summed E-state index contributed by atoms with van der Waals surface area (Å²) in [5, 5.41) is 20.8. The number of nitrogens with two attached hydrogens (primary N) is 1. The molecule has 37 heavy (non-hydrogen) atoms. The topological polar surface area (TPSA) is 127 Å². The Morgan fingerprint density at radius 2 is 1.73 bits per heavy atom. The number of rotatable bonds is 11. The molecular formula is C28H35N3O6. The normalized spacial score (nSPS) is 12.9. The van der Waals surface area contributed by atoms with Crippen LogP contribution in [-0.2, 0) is 11.2 Å². The Morgan fingerprint density at radius 1 is 1.03 bits per heavy atom. The first-order chi connectivity index (χ1) is 17.6. The fraction of sp³-hybridized carbons (Fsp3) is 0.357. The fourth-order valence-electron chi connectivity index (χ4n) is 3.52. The number of carbonyl (C=O) groups is 1. The van der Waals surface area contributed by atoms with Crippen LogP contribution in [-0.4, -0.2) is 63.7 Å². The third-order valence-electron chi connectivity index (χ3n) is 5.28. The Hall–Kier alpha value is -3.82. The van der Waals surface area contributed by atoms with Crippen LogP contribution in [0.15, 0.2) is 72.9 Å². The minimum absolute atomic E-state index is 0.0237. The quantitative estimate of drug-likeness (QED) is 0.353. The highest BCUT2D eigenvalue weighted by atomic mass is 16.6. The monoisotopic (exact) mass is 509 g/mol. The standard InChI is InChI=1S/C28H35N3O6/c1-28(2,3)37-27(34)31(17-22(33)19-35-23-8-5-4-6-9-23)21(18-32)16-20-11-13-24(14-12-20)36-26-25(29)10-7-15-30-26/h4-15,21-22,32-33H,16-19,29H2,1-3H3/t21-,22-/m0/s1. The molecule has 4 N–H and O–H groups in total. The van der Waals surface area contributed by atoms with E-state index in [4.69, 9.17) is 19.9 Å². The second-order valence-electron chi connectivity index (χ2n) is 9.59. The van der Waals surface area contributed by atoms with Gasteiger partial charge in [-0.15, -0.1) is 0 Å². The number of para-hydroxylation sites is 1. The minimum atomic E-state index is -0.999. The number of aliphatic hydroxyl groups is 2. The molecule has 0 bridgehead atoms. The van der Waals surface area contributed by atoms with Gasteiger partial charge in [0, 0.05) is 6.20 Å². The van der Waals surface area contributed by atoms with Gasteiger partial charge in [0.2, 0.25) is 5.88 Å². The first-order valence-corrected chi connectivity index (χ1v) is 12.1. The molecule has 0 spiro atoms. The van der Waals surface area contributed by atoms with Crippen LogP contribution >= 0.6 is 0 Å². The number of anilines is 1. The molecule has 0 fully saturated rings. The number of nitrogens with zero attached hydrogens (tertiary/aromatic N) is 2. The van der Waals surface area contributed by atoms with Crippen molar-refractivity contribution >= 4 is 11.8 Å². The molecule has 0 unspecified atom stereocenters. The van der Waals surface area contributed by atoms with E-state index in [1.165, 1.54) is 4.90 Å². The molecule has 1 amide bonds. The van der Waals surface area contributed by atoms with Crippen LogP contribution in [0.5, 0.6) is 17.4 Å². The lowest BCUT2D eigenvalue weighted by molar-refractivity contribution is -0.00891. The maximum atomic E-state index is 13.1. The van der Waals surface area contributed by atoms with Gasteiger partial charge in [-0.2, -0.15) is 0 Å². The number of aromatic nitrogens is 1. The molecule has 3 rings (SSSR count). The van der Waals surface area contributed by atoms with Crippen LogP contribution in [0.1, 0.15) is 26.3 Å². The summed E-state index contributed by atoms with van der Waals surface area (Å²) in [5.41, 5.74) is 6.42. The van der Waals surface area contributed by atoms with Crippen molar-refractivity contribution in [3.63, 3.8) is 0 Å². The van der Waals surface area contributed by atoms with Crippen LogP contribution in [0, 0.1) is 0 Å². The van der Waals surface area contributed by atoms with Crippen molar-refractivity contribution in [2.24, 2.45) is 0 Å². The molecule has 9 nitrogen and oxygen atoms in total. The predicted molar refractivity (Wildman–Crippen MR) is 141 cm³/mol. The highest BCUT2D eigenvalue weighted by Gasteiger charge is 2.30. The second kappa shape index (κ2) is 12.9. The van der Waals surface area contributed by atoms with Crippen molar-refractivity contribution in [3.05, 3.63) is 78.5 Å². The maximum absolute atomic E-state index is 13.1. The number of amides is 1. The summed E-state index contributed by atoms with van der Waals surface area (Å²) in [6.07, 6.45) is 0.294. The molecule has 1 heterocycles. The summed E-state index contributed by atoms with van der Waals surface area (Å²) in [7, 11) is 0. The van der Waals surface area contributed by atoms with Gasteiger partial charge in [0.15, 0.2) is 0 Å². The molecule has 198 valence electrons. The summed E-state index contributed by atoms with van der Waals surface area (Å²) in [5.74, 6) is 1.47. The van der Waals surface area contributed by atoms with Gasteiger partial charge in [0.25, 0.3) is 0 Å². The highest BCUT2D eigenvalue weighted by Crippen LogP contribution is 2.25. The van der Waals surface area contributed by atoms with Gasteiger partial charge >= 0.3 is 6.09 Å².